The van der Waals surface area contributed by atoms with Crippen molar-refractivity contribution in [1.82, 2.24) is 0 Å². The summed E-state index contributed by atoms with van der Waals surface area (Å²) in [4.78, 5) is 22.1. The van der Waals surface area contributed by atoms with Crippen molar-refractivity contribution in [1.29, 1.82) is 0 Å². The molecule has 2 aromatic rings. The number of carbonyl (C=O) groups is 1. The van der Waals surface area contributed by atoms with Gasteiger partial charge in [0.15, 0.2) is 0 Å². The van der Waals surface area contributed by atoms with Gasteiger partial charge in [0.1, 0.15) is 0 Å². The Hall–Kier alpha value is -2.95. The highest BCUT2D eigenvalue weighted by Gasteiger charge is 2.14. The lowest BCUT2D eigenvalue weighted by Gasteiger charge is -2.07. The van der Waals surface area contributed by atoms with Crippen LogP contribution in [0.2, 0.25) is 0 Å². The van der Waals surface area contributed by atoms with Gasteiger partial charge in [0.2, 0.25) is 0 Å². The number of carboxylic acids is 1. The predicted octanol–water partition coefficient (Wildman–Crippen LogP) is 4.15. The number of benzene rings is 2. The number of rotatable bonds is 4. The molecule has 0 aliphatic heterocycles. The summed E-state index contributed by atoms with van der Waals surface area (Å²) in [6, 6.07) is 10.1. The highest BCUT2D eigenvalue weighted by Crippen LogP contribution is 2.25. The normalized spacial score (nSPS) is 11.3. The molecule has 0 saturated carbocycles. The van der Waals surface area contributed by atoms with E-state index in [2.05, 4.69) is 0 Å². The zero-order chi connectivity index (χ0) is 17.1. The molecule has 0 aliphatic carbocycles. The molecule has 0 amide bonds. The maximum Gasteiger partial charge on any atom is 0.336 e. The van der Waals surface area contributed by atoms with Crippen molar-refractivity contribution in [3.63, 3.8) is 0 Å². The summed E-state index contributed by atoms with van der Waals surface area (Å²) in [7, 11) is 0. The Kier molecular flexibility index (Phi) is 4.60. The van der Waals surface area contributed by atoms with Crippen LogP contribution >= 0.6 is 0 Å². The molecule has 0 radical (unpaired) electrons. The van der Waals surface area contributed by atoms with Gasteiger partial charge in [0, 0.05) is 11.6 Å². The lowest BCUT2D eigenvalue weighted by atomic mass is 9.98. The summed E-state index contributed by atoms with van der Waals surface area (Å²) in [6.45, 7) is 5.51. The van der Waals surface area contributed by atoms with Crippen LogP contribution in [0.3, 0.4) is 0 Å². The number of hydrogen-bond donors (Lipinski definition) is 1. The number of carboxylic acid groups (broad SMARTS) is 1. The number of nitro benzene ring substituents is 1. The van der Waals surface area contributed by atoms with Crippen molar-refractivity contribution in [2.24, 2.45) is 0 Å². The summed E-state index contributed by atoms with van der Waals surface area (Å²) in [6.07, 6.45) is 1.46. The van der Waals surface area contributed by atoms with Gasteiger partial charge in [0.05, 0.1) is 10.5 Å². The number of nitro groups is 1. The second kappa shape index (κ2) is 6.44. The average molecular weight is 311 g/mol. The monoisotopic (exact) mass is 311 g/mol. The molecule has 118 valence electrons. The third kappa shape index (κ3) is 3.63. The van der Waals surface area contributed by atoms with Gasteiger partial charge < -0.3 is 5.11 Å². The molecule has 0 saturated heterocycles. The summed E-state index contributed by atoms with van der Waals surface area (Å²) in [5.74, 6) is -1.07. The standard InChI is InChI=1S/C18H17NO4/c1-11-5-7-15(8-13(11)3)16(18(20)21)9-14-6-4-12(2)17(10-14)19(22)23/h4-10H,1-3H3,(H,20,21)/b16-9-. The van der Waals surface area contributed by atoms with Gasteiger partial charge in [-0.1, -0.05) is 30.3 Å². The molecule has 0 spiro atoms. The van der Waals surface area contributed by atoms with E-state index >= 15 is 0 Å². The van der Waals surface area contributed by atoms with Gasteiger partial charge in [-0.3, -0.25) is 10.1 Å². The van der Waals surface area contributed by atoms with Gasteiger partial charge in [-0.15, -0.1) is 0 Å². The zero-order valence-electron chi connectivity index (χ0n) is 13.2. The first-order chi connectivity index (χ1) is 10.8. The maximum atomic E-state index is 11.6. The Labute approximate surface area is 134 Å². The summed E-state index contributed by atoms with van der Waals surface area (Å²) in [5.41, 5.74) is 3.74. The topological polar surface area (TPSA) is 80.4 Å². The number of nitrogens with zero attached hydrogens (tertiary/aromatic N) is 1. The molecule has 0 aromatic heterocycles. The molecule has 0 unspecified atom stereocenters. The van der Waals surface area contributed by atoms with Crippen LogP contribution in [0, 0.1) is 30.9 Å². The zero-order valence-corrected chi connectivity index (χ0v) is 13.2. The molecular weight excluding hydrogens is 294 g/mol. The molecule has 0 bridgehead atoms. The highest BCUT2D eigenvalue weighted by molar-refractivity contribution is 6.20. The molecule has 5 nitrogen and oxygen atoms in total. The van der Waals surface area contributed by atoms with E-state index in [0.717, 1.165) is 11.1 Å². The van der Waals surface area contributed by atoms with E-state index in [-0.39, 0.29) is 11.3 Å². The molecule has 1 N–H and O–H groups in total. The largest absolute Gasteiger partial charge is 0.478 e. The van der Waals surface area contributed by atoms with E-state index in [1.165, 1.54) is 12.1 Å². The Balaban J connectivity index is 2.55. The van der Waals surface area contributed by atoms with E-state index in [9.17, 15) is 20.0 Å². The second-order valence-electron chi connectivity index (χ2n) is 5.47. The lowest BCUT2D eigenvalue weighted by Crippen LogP contribution is -2.01. The first-order valence-corrected chi connectivity index (χ1v) is 7.07. The van der Waals surface area contributed by atoms with Gasteiger partial charge in [-0.05, 0) is 49.1 Å². The van der Waals surface area contributed by atoms with Crippen LogP contribution in [-0.2, 0) is 4.79 Å². The van der Waals surface area contributed by atoms with E-state index < -0.39 is 10.9 Å². The van der Waals surface area contributed by atoms with Crippen molar-refractivity contribution in [2.75, 3.05) is 0 Å². The predicted molar refractivity (Wildman–Crippen MR) is 89.3 cm³/mol. The Morgan fingerprint density at radius 3 is 2.26 bits per heavy atom. The minimum Gasteiger partial charge on any atom is -0.478 e. The minimum absolute atomic E-state index is 0.0245. The van der Waals surface area contributed by atoms with Crippen molar-refractivity contribution >= 4 is 23.3 Å². The Bertz CT molecular complexity index is 822. The van der Waals surface area contributed by atoms with Crippen LogP contribution in [0.1, 0.15) is 27.8 Å². The van der Waals surface area contributed by atoms with Crippen LogP contribution in [0.15, 0.2) is 36.4 Å². The minimum atomic E-state index is -1.07. The highest BCUT2D eigenvalue weighted by atomic mass is 16.6. The summed E-state index contributed by atoms with van der Waals surface area (Å²) in [5, 5.41) is 20.5. The summed E-state index contributed by atoms with van der Waals surface area (Å²) >= 11 is 0. The molecule has 0 heterocycles. The van der Waals surface area contributed by atoms with Crippen LogP contribution in [0.25, 0.3) is 11.6 Å². The molecule has 0 aliphatic rings. The average Bonchev–Trinajstić information content (AvgIpc) is 2.48. The molecule has 2 aromatic carbocycles. The molecule has 0 fully saturated rings. The fourth-order valence-electron chi connectivity index (χ4n) is 2.26. The maximum absolute atomic E-state index is 11.6. The first kappa shape index (κ1) is 16.4. The smallest absolute Gasteiger partial charge is 0.336 e. The van der Waals surface area contributed by atoms with Crippen molar-refractivity contribution < 1.29 is 14.8 Å². The Morgan fingerprint density at radius 1 is 1.04 bits per heavy atom. The molecule has 0 atom stereocenters. The van der Waals surface area contributed by atoms with Gasteiger partial charge in [0.25, 0.3) is 5.69 Å². The van der Waals surface area contributed by atoms with E-state index in [1.54, 1.807) is 31.2 Å². The van der Waals surface area contributed by atoms with Crippen LogP contribution in [-0.4, -0.2) is 16.0 Å². The molecule has 23 heavy (non-hydrogen) atoms. The van der Waals surface area contributed by atoms with Crippen molar-refractivity contribution in [3.05, 3.63) is 74.3 Å². The third-order valence-corrected chi connectivity index (χ3v) is 3.79. The van der Waals surface area contributed by atoms with E-state index in [1.807, 2.05) is 19.9 Å². The molecule has 5 heteroatoms. The second-order valence-corrected chi connectivity index (χ2v) is 5.47. The first-order valence-electron chi connectivity index (χ1n) is 7.07. The van der Waals surface area contributed by atoms with E-state index in [4.69, 9.17) is 0 Å². The van der Waals surface area contributed by atoms with E-state index in [0.29, 0.717) is 16.7 Å². The fraction of sp³-hybridized carbons (Fsp3) is 0.167. The third-order valence-electron chi connectivity index (χ3n) is 3.79. The number of hydrogen-bond acceptors (Lipinski definition) is 3. The van der Waals surface area contributed by atoms with Crippen LogP contribution in [0.5, 0.6) is 0 Å². The molecular formula is C18H17NO4. The quantitative estimate of drug-likeness (QED) is 0.398. The SMILES string of the molecule is Cc1ccc(/C(=C/c2ccc(C)c([N+](=O)[O-])c2)C(=O)O)cc1C. The van der Waals surface area contributed by atoms with Crippen molar-refractivity contribution in [3.8, 4) is 0 Å². The van der Waals surface area contributed by atoms with Gasteiger partial charge in [-0.2, -0.15) is 0 Å². The van der Waals surface area contributed by atoms with Crippen LogP contribution < -0.4 is 0 Å². The number of aryl methyl sites for hydroxylation is 3. The lowest BCUT2D eigenvalue weighted by molar-refractivity contribution is -0.385. The van der Waals surface area contributed by atoms with Crippen molar-refractivity contribution in [2.45, 2.75) is 20.8 Å². The molecule has 2 rings (SSSR count). The van der Waals surface area contributed by atoms with Crippen LogP contribution in [0.4, 0.5) is 5.69 Å². The van der Waals surface area contributed by atoms with Gasteiger partial charge in [-0.25, -0.2) is 4.79 Å². The fourth-order valence-corrected chi connectivity index (χ4v) is 2.26. The van der Waals surface area contributed by atoms with Gasteiger partial charge >= 0.3 is 5.97 Å². The summed E-state index contributed by atoms with van der Waals surface area (Å²) < 4.78 is 0. The Morgan fingerprint density at radius 2 is 1.70 bits per heavy atom. The number of aliphatic carboxylic acids is 1.